The molecule has 1 heterocycles. The van der Waals surface area contributed by atoms with E-state index in [2.05, 4.69) is 4.98 Å². The number of nitrogens with zero attached hydrogens (tertiary/aromatic N) is 1. The molecule has 0 fully saturated rings. The van der Waals surface area contributed by atoms with Crippen LogP contribution in [-0.2, 0) is 6.42 Å². The Hall–Kier alpha value is -0.450. The molecule has 0 radical (unpaired) electrons. The lowest BCUT2D eigenvalue weighted by molar-refractivity contribution is 0.265. The lowest BCUT2D eigenvalue weighted by Gasteiger charge is -2.03. The van der Waals surface area contributed by atoms with Gasteiger partial charge in [0, 0.05) is 23.5 Å². The van der Waals surface area contributed by atoms with Gasteiger partial charge in [-0.25, -0.2) is 4.98 Å². The van der Waals surface area contributed by atoms with Crippen molar-refractivity contribution in [2.75, 3.05) is 6.61 Å². The maximum absolute atomic E-state index is 8.66. The minimum Gasteiger partial charge on any atom is -0.395 e. The molecule has 0 aromatic carbocycles. The number of aliphatic hydroxyl groups excluding tert-OH is 1. The van der Waals surface area contributed by atoms with Gasteiger partial charge in [-0.2, -0.15) is 0 Å². The maximum atomic E-state index is 8.66. The fourth-order valence-electron chi connectivity index (χ4n) is 0.823. The largest absolute Gasteiger partial charge is 0.395 e. The molecule has 62 valence electrons. The van der Waals surface area contributed by atoms with E-state index >= 15 is 0 Å². The first-order valence-corrected chi connectivity index (χ1v) is 4.31. The smallest absolute Gasteiger partial charge is 0.0896 e. The van der Waals surface area contributed by atoms with E-state index in [1.165, 1.54) is 0 Å². The highest BCUT2D eigenvalue weighted by atomic mass is 32.1. The van der Waals surface area contributed by atoms with Crippen molar-refractivity contribution in [3.8, 4) is 0 Å². The molecule has 4 heteroatoms. The highest BCUT2D eigenvalue weighted by Crippen LogP contribution is 2.12. The van der Waals surface area contributed by atoms with Gasteiger partial charge in [0.15, 0.2) is 0 Å². The number of hydrogen-bond donors (Lipinski definition) is 2. The van der Waals surface area contributed by atoms with E-state index in [9.17, 15) is 0 Å². The number of aryl methyl sites for hydroxylation is 1. The molecule has 0 saturated carbocycles. The first kappa shape index (κ1) is 8.64. The summed E-state index contributed by atoms with van der Waals surface area (Å²) in [4.78, 5) is 5.23. The Kier molecular flexibility index (Phi) is 2.99. The summed E-state index contributed by atoms with van der Waals surface area (Å²) in [5, 5.41) is 9.71. The van der Waals surface area contributed by atoms with E-state index in [0.29, 0.717) is 0 Å². The fraction of sp³-hybridized carbons (Fsp3) is 0.571. The zero-order valence-electron chi connectivity index (χ0n) is 6.45. The quantitative estimate of drug-likeness (QED) is 0.690. The lowest BCUT2D eigenvalue weighted by atomic mass is 10.2. The molecule has 11 heavy (non-hydrogen) atoms. The van der Waals surface area contributed by atoms with Crippen LogP contribution in [0.25, 0.3) is 0 Å². The molecule has 0 bridgehead atoms. The van der Waals surface area contributed by atoms with Crippen molar-refractivity contribution >= 4 is 11.3 Å². The van der Waals surface area contributed by atoms with E-state index < -0.39 is 0 Å². The molecule has 1 aromatic rings. The Morgan fingerprint density at radius 2 is 2.55 bits per heavy atom. The van der Waals surface area contributed by atoms with Gasteiger partial charge in [0.2, 0.25) is 0 Å². The van der Waals surface area contributed by atoms with Gasteiger partial charge >= 0.3 is 0 Å². The summed E-state index contributed by atoms with van der Waals surface area (Å²) in [6.45, 7) is 2.00. The predicted octanol–water partition coefficient (Wildman–Crippen LogP) is 0.314. The molecule has 1 unspecified atom stereocenters. The fourth-order valence-corrected chi connectivity index (χ4v) is 1.71. The third-order valence-corrected chi connectivity index (χ3v) is 2.30. The Morgan fingerprint density at radius 3 is 3.00 bits per heavy atom. The van der Waals surface area contributed by atoms with Crippen molar-refractivity contribution in [3.63, 3.8) is 0 Å². The topological polar surface area (TPSA) is 59.1 Å². The minimum atomic E-state index is -0.144. The second-order valence-corrected chi connectivity index (χ2v) is 3.81. The number of hydrogen-bond acceptors (Lipinski definition) is 4. The minimum absolute atomic E-state index is 0.0386. The van der Waals surface area contributed by atoms with Crippen molar-refractivity contribution in [2.45, 2.75) is 19.4 Å². The molecule has 1 atom stereocenters. The van der Waals surface area contributed by atoms with E-state index in [1.54, 1.807) is 11.3 Å². The average Bonchev–Trinajstić information content (AvgIpc) is 2.35. The van der Waals surface area contributed by atoms with Crippen LogP contribution in [-0.4, -0.2) is 22.7 Å². The van der Waals surface area contributed by atoms with Crippen LogP contribution in [0.2, 0.25) is 0 Å². The number of thiazole rings is 1. The van der Waals surface area contributed by atoms with Crippen molar-refractivity contribution in [1.29, 1.82) is 0 Å². The summed E-state index contributed by atoms with van der Waals surface area (Å²) >= 11 is 1.63. The molecular weight excluding hydrogens is 160 g/mol. The first-order chi connectivity index (χ1) is 5.22. The van der Waals surface area contributed by atoms with Crippen LogP contribution < -0.4 is 5.73 Å². The van der Waals surface area contributed by atoms with Crippen molar-refractivity contribution in [2.24, 2.45) is 5.73 Å². The third kappa shape index (κ3) is 2.57. The molecular formula is C7H12N2OS. The lowest BCUT2D eigenvalue weighted by Crippen LogP contribution is -2.26. The summed E-state index contributed by atoms with van der Waals surface area (Å²) in [7, 11) is 0. The Balaban J connectivity index is 2.50. The Morgan fingerprint density at radius 1 is 1.82 bits per heavy atom. The van der Waals surface area contributed by atoms with Gasteiger partial charge < -0.3 is 10.8 Å². The Labute approximate surface area is 69.9 Å². The van der Waals surface area contributed by atoms with E-state index in [4.69, 9.17) is 10.8 Å². The number of rotatable bonds is 3. The van der Waals surface area contributed by atoms with Crippen molar-refractivity contribution in [3.05, 3.63) is 16.1 Å². The van der Waals surface area contributed by atoms with Gasteiger partial charge in [-0.1, -0.05) is 0 Å². The molecule has 3 N–H and O–H groups in total. The number of aromatic nitrogens is 1. The highest BCUT2D eigenvalue weighted by molar-refractivity contribution is 7.11. The summed E-state index contributed by atoms with van der Waals surface area (Å²) in [5.41, 5.74) is 5.54. The van der Waals surface area contributed by atoms with Gasteiger partial charge in [-0.3, -0.25) is 0 Å². The van der Waals surface area contributed by atoms with Gasteiger partial charge in [0.05, 0.1) is 11.6 Å². The van der Waals surface area contributed by atoms with E-state index in [1.807, 2.05) is 13.1 Å². The molecule has 0 spiro atoms. The number of nitrogens with two attached hydrogens (primary N) is 1. The predicted molar refractivity (Wildman–Crippen MR) is 45.6 cm³/mol. The molecule has 0 aliphatic carbocycles. The van der Waals surface area contributed by atoms with Crippen LogP contribution in [0.5, 0.6) is 0 Å². The van der Waals surface area contributed by atoms with Gasteiger partial charge in [-0.15, -0.1) is 11.3 Å². The van der Waals surface area contributed by atoms with Gasteiger partial charge in [-0.05, 0) is 6.92 Å². The molecule has 0 saturated heterocycles. The second-order valence-electron chi connectivity index (χ2n) is 2.49. The molecule has 0 aliphatic heterocycles. The Bertz CT molecular complexity index is 224. The summed E-state index contributed by atoms with van der Waals surface area (Å²) in [6.07, 6.45) is 2.54. The highest BCUT2D eigenvalue weighted by Gasteiger charge is 2.04. The summed E-state index contributed by atoms with van der Waals surface area (Å²) in [6, 6.07) is -0.144. The van der Waals surface area contributed by atoms with Crippen molar-refractivity contribution in [1.82, 2.24) is 4.98 Å². The van der Waals surface area contributed by atoms with E-state index in [0.717, 1.165) is 16.3 Å². The summed E-state index contributed by atoms with van der Waals surface area (Å²) < 4.78 is 0. The first-order valence-electron chi connectivity index (χ1n) is 3.50. The SMILES string of the molecule is Cc1ncc(CC(N)CO)s1. The maximum Gasteiger partial charge on any atom is 0.0896 e. The normalized spacial score (nSPS) is 13.4. The van der Waals surface area contributed by atoms with E-state index in [-0.39, 0.29) is 12.6 Å². The monoisotopic (exact) mass is 172 g/mol. The zero-order chi connectivity index (χ0) is 8.27. The molecule has 1 rings (SSSR count). The zero-order valence-corrected chi connectivity index (χ0v) is 7.27. The van der Waals surface area contributed by atoms with Crippen LogP contribution in [0.3, 0.4) is 0 Å². The molecule has 3 nitrogen and oxygen atoms in total. The average molecular weight is 172 g/mol. The molecule has 0 aliphatic rings. The van der Waals surface area contributed by atoms with Crippen LogP contribution in [0.1, 0.15) is 9.88 Å². The molecule has 1 aromatic heterocycles. The van der Waals surface area contributed by atoms with Crippen LogP contribution in [0.15, 0.2) is 6.20 Å². The van der Waals surface area contributed by atoms with Crippen LogP contribution in [0.4, 0.5) is 0 Å². The summed E-state index contributed by atoms with van der Waals surface area (Å²) in [5.74, 6) is 0. The van der Waals surface area contributed by atoms with Gasteiger partial charge in [0.1, 0.15) is 0 Å². The standard InChI is InChI=1S/C7H12N2OS/c1-5-9-3-7(11-5)2-6(8)4-10/h3,6,10H,2,4,8H2,1H3. The molecule has 0 amide bonds. The number of aliphatic hydroxyl groups is 1. The second kappa shape index (κ2) is 3.80. The third-order valence-electron chi connectivity index (χ3n) is 1.37. The van der Waals surface area contributed by atoms with Gasteiger partial charge in [0.25, 0.3) is 0 Å². The van der Waals surface area contributed by atoms with Crippen LogP contribution in [0, 0.1) is 6.92 Å². The van der Waals surface area contributed by atoms with Crippen molar-refractivity contribution < 1.29 is 5.11 Å². The van der Waals surface area contributed by atoms with Crippen LogP contribution >= 0.6 is 11.3 Å².